The second-order valence-corrected chi connectivity index (χ2v) is 38.6. The molecule has 12 aliphatic carbocycles. The molecule has 15 aliphatic rings. The highest BCUT2D eigenvalue weighted by Crippen LogP contribution is 2.80. The van der Waals surface area contributed by atoms with Gasteiger partial charge in [0.1, 0.15) is 10.5 Å². The molecule has 0 spiro atoms. The molecular formula is C69H107N3O9S3. The van der Waals surface area contributed by atoms with Crippen LogP contribution in [0.3, 0.4) is 0 Å². The van der Waals surface area contributed by atoms with Crippen molar-refractivity contribution < 1.29 is 41.2 Å². The van der Waals surface area contributed by atoms with E-state index in [1.54, 1.807) is 18.0 Å². The van der Waals surface area contributed by atoms with E-state index in [0.717, 1.165) is 128 Å². The van der Waals surface area contributed by atoms with Gasteiger partial charge in [0.05, 0.1) is 53.0 Å². The predicted octanol–water partition coefficient (Wildman–Crippen LogP) is 11.1. The van der Waals surface area contributed by atoms with Crippen molar-refractivity contribution in [3.8, 4) is 0 Å². The summed E-state index contributed by atoms with van der Waals surface area (Å²) in [6.07, 6.45) is 32.0. The zero-order valence-electron chi connectivity index (χ0n) is 53.5. The maximum absolute atomic E-state index is 17.2. The van der Waals surface area contributed by atoms with Gasteiger partial charge in [-0.25, -0.2) is 8.42 Å². The number of fused-ring (bicyclic) bond motifs is 15. The lowest BCUT2D eigenvalue weighted by Gasteiger charge is -2.80. The summed E-state index contributed by atoms with van der Waals surface area (Å²) >= 11 is 1.73. The van der Waals surface area contributed by atoms with Crippen LogP contribution in [0.4, 0.5) is 0 Å². The van der Waals surface area contributed by atoms with Gasteiger partial charge in [0.2, 0.25) is 17.7 Å². The molecule has 470 valence electrons. The number of hydrogen-bond acceptors (Lipinski definition) is 10. The van der Waals surface area contributed by atoms with Crippen molar-refractivity contribution >= 4 is 50.1 Å². The molecule has 0 aromatic carbocycles. The van der Waals surface area contributed by atoms with Gasteiger partial charge in [-0.2, -0.15) is 11.8 Å². The van der Waals surface area contributed by atoms with Gasteiger partial charge in [0.25, 0.3) is 0 Å². The summed E-state index contributed by atoms with van der Waals surface area (Å²) in [5.41, 5.74) is -3.74. The minimum atomic E-state index is -3.88. The Balaban J connectivity index is 0.952. The normalized spacial score (nSPS) is 55.4. The lowest BCUT2D eigenvalue weighted by Crippen LogP contribution is -2.88. The Morgan fingerprint density at radius 1 is 0.512 bits per heavy atom. The standard InChI is InChI=1S/C69H107N3O9S3/c1-62-32-29-47-42(45(62)21-25-52(62)79-38-13-14-38)27-35-68(65(47,4)37-50(84(12,77)78)59(73)71(68)8)58-56(83(11)76)61(75)72(9)69(36-28-43-46-22-26-54(81-40-17-18-40)64(46,3)34-31-49(43)67(58,69)6)57-55(82-10)60(74)70(7)51-23-19-41-44-20-24-53(80-39-15-16-39)63(44,2)33-30-48(41)66(51,57)5/h38-58H,13-37H2,1-12H3/t41-,42-,43-,44-,45-,46-,47+,48+,49+,50?,51?,52?,53?,54?,55?,56?,57?,58?,62-,63-,64-,65+,66+,67-,68?,69?,83?/m0/s1. The Hall–Kier alpha value is -1.26. The van der Waals surface area contributed by atoms with E-state index in [1.165, 1.54) is 25.5 Å². The van der Waals surface area contributed by atoms with Crippen LogP contribution in [-0.4, -0.2) is 154 Å². The first-order valence-electron chi connectivity index (χ1n) is 34.5. The molecule has 3 heterocycles. The van der Waals surface area contributed by atoms with Crippen molar-refractivity contribution in [2.75, 3.05) is 39.9 Å². The topological polar surface area (TPSA) is 140 Å². The monoisotopic (exact) mass is 1220 g/mol. The van der Waals surface area contributed by atoms with Gasteiger partial charge in [0.15, 0.2) is 9.84 Å². The zero-order chi connectivity index (χ0) is 59.2. The van der Waals surface area contributed by atoms with Gasteiger partial charge in [0, 0.05) is 67.7 Å². The molecule has 0 bridgehead atoms. The number of likely N-dealkylation sites (tertiary alicyclic amines) is 3. The summed E-state index contributed by atoms with van der Waals surface area (Å²) in [7, 11) is 0.608. The van der Waals surface area contributed by atoms with Crippen LogP contribution in [0.1, 0.15) is 202 Å². The fourth-order valence-electron chi connectivity index (χ4n) is 27.4. The number of carbonyl (C=O) groups is 3. The minimum Gasteiger partial charge on any atom is -0.374 e. The van der Waals surface area contributed by atoms with Crippen LogP contribution in [-0.2, 0) is 49.2 Å². The van der Waals surface area contributed by atoms with E-state index in [1.807, 2.05) is 11.9 Å². The molecule has 27 atom stereocenters. The smallest absolute Gasteiger partial charge is 0.241 e. The summed E-state index contributed by atoms with van der Waals surface area (Å²) in [6.45, 7) is 15.3. The largest absolute Gasteiger partial charge is 0.374 e. The predicted molar refractivity (Wildman–Crippen MR) is 330 cm³/mol. The van der Waals surface area contributed by atoms with Gasteiger partial charge in [-0.05, 0) is 247 Å². The van der Waals surface area contributed by atoms with E-state index in [0.29, 0.717) is 66.2 Å². The Bertz CT molecular complexity index is 2860. The number of amides is 3. The molecule has 12 nitrogen and oxygen atoms in total. The lowest BCUT2D eigenvalue weighted by atomic mass is 9.31. The minimum absolute atomic E-state index is 0.00263. The molecular weight excluding hydrogens is 1110 g/mol. The van der Waals surface area contributed by atoms with Gasteiger partial charge >= 0.3 is 0 Å². The highest BCUT2D eigenvalue weighted by atomic mass is 32.2. The number of carbonyl (C=O) groups excluding carboxylic acids is 3. The number of nitrogens with zero attached hydrogens (tertiary/aromatic N) is 3. The first-order valence-corrected chi connectivity index (χ1v) is 39.4. The van der Waals surface area contributed by atoms with Crippen molar-refractivity contribution in [1.29, 1.82) is 0 Å². The van der Waals surface area contributed by atoms with Crippen molar-refractivity contribution in [3.05, 3.63) is 0 Å². The van der Waals surface area contributed by atoms with Gasteiger partial charge in [-0.1, -0.05) is 41.5 Å². The van der Waals surface area contributed by atoms with E-state index >= 15 is 18.6 Å². The van der Waals surface area contributed by atoms with Gasteiger partial charge in [-0.15, -0.1) is 0 Å². The summed E-state index contributed by atoms with van der Waals surface area (Å²) in [5, 5.41) is -2.59. The molecule has 3 saturated heterocycles. The summed E-state index contributed by atoms with van der Waals surface area (Å²) < 4.78 is 66.0. The quantitative estimate of drug-likeness (QED) is 0.196. The zero-order valence-corrected chi connectivity index (χ0v) is 56.0. The molecule has 15 heteroatoms. The van der Waals surface area contributed by atoms with Crippen LogP contribution < -0.4 is 0 Å². The Labute approximate surface area is 512 Å². The Kier molecular flexibility index (Phi) is 13.6. The molecule has 12 unspecified atom stereocenters. The van der Waals surface area contributed by atoms with Crippen molar-refractivity contribution in [2.24, 2.45) is 97.6 Å². The molecule has 15 fully saturated rings. The van der Waals surface area contributed by atoms with Crippen LogP contribution in [0.2, 0.25) is 0 Å². The number of ether oxygens (including phenoxy) is 3. The highest BCUT2D eigenvalue weighted by molar-refractivity contribution is 8.00. The molecule has 0 aromatic heterocycles. The van der Waals surface area contributed by atoms with Crippen molar-refractivity contribution in [1.82, 2.24) is 14.7 Å². The first kappa shape index (κ1) is 59.1. The summed E-state index contributed by atoms with van der Waals surface area (Å²) in [6, 6.07) is -0.0194. The van der Waals surface area contributed by atoms with Crippen molar-refractivity contribution in [2.45, 2.75) is 272 Å². The highest BCUT2D eigenvalue weighted by Gasteiger charge is 2.84. The third kappa shape index (κ3) is 7.55. The second kappa shape index (κ2) is 19.4. The third-order valence-corrected chi connectivity index (χ3v) is 34.9. The van der Waals surface area contributed by atoms with Crippen LogP contribution in [0, 0.1) is 97.6 Å². The molecule has 0 radical (unpaired) electrons. The van der Waals surface area contributed by atoms with Crippen LogP contribution in [0.5, 0.6) is 0 Å². The molecule has 3 aliphatic heterocycles. The average Bonchev–Trinajstić information content (AvgIpc) is 1.09. The molecule has 12 saturated carbocycles. The third-order valence-electron chi connectivity index (χ3n) is 31.3. The van der Waals surface area contributed by atoms with E-state index < -0.39 is 69.6 Å². The fourth-order valence-corrected chi connectivity index (χ4v) is 31.1. The van der Waals surface area contributed by atoms with Crippen molar-refractivity contribution in [3.63, 3.8) is 0 Å². The van der Waals surface area contributed by atoms with Crippen LogP contribution >= 0.6 is 11.8 Å². The maximum Gasteiger partial charge on any atom is 0.241 e. The fraction of sp³-hybridized carbons (Fsp3) is 0.957. The van der Waals surface area contributed by atoms with E-state index in [4.69, 9.17) is 14.2 Å². The summed E-state index contributed by atoms with van der Waals surface area (Å²) in [4.78, 5) is 55.8. The number of rotatable bonds is 11. The van der Waals surface area contributed by atoms with E-state index in [2.05, 4.69) is 71.7 Å². The average molecular weight is 1220 g/mol. The number of hydrogen-bond donors (Lipinski definition) is 0. The second-order valence-electron chi connectivity index (χ2n) is 33.9. The lowest BCUT2D eigenvalue weighted by molar-refractivity contribution is -0.288. The number of thioether (sulfide) groups is 1. The maximum atomic E-state index is 17.2. The molecule has 3 amide bonds. The Morgan fingerprint density at radius 3 is 1.44 bits per heavy atom. The van der Waals surface area contributed by atoms with Crippen LogP contribution in [0.15, 0.2) is 0 Å². The SMILES string of the molecule is CSC1C(=O)N(C)C2CC[C@@H]3[C@@H](CC[C@]4(C)C(OC5CC5)CC[C@@H]34)[C@@]2(C)C1C12CC[C@@H]3[C@@H](CC[C@]4(C)C(OC5CC5)CC[C@@H]34)[C@@]1(C)C(C13CC[C@@H]4[C@@H](CC[C@]5(C)C(OC6CC6)CC[C@@H]45)[C@@]1(C)CC(S(C)(=O)=O)C(=O)N3C)C(S(C)=O)C(=O)N2C. The van der Waals surface area contributed by atoms with E-state index in [-0.39, 0.29) is 82.5 Å². The molecule has 0 N–H and O–H groups in total. The van der Waals surface area contributed by atoms with E-state index in [9.17, 15) is 8.42 Å². The van der Waals surface area contributed by atoms with Gasteiger partial charge in [-0.3, -0.25) is 18.6 Å². The number of piperidine rings is 3. The number of sulfone groups is 1. The molecule has 0 aromatic rings. The van der Waals surface area contributed by atoms with Gasteiger partial charge < -0.3 is 28.9 Å². The first-order chi connectivity index (χ1) is 39.7. The van der Waals surface area contributed by atoms with Crippen LogP contribution in [0.25, 0.3) is 0 Å². The molecule has 84 heavy (non-hydrogen) atoms. The molecule has 15 rings (SSSR count). The Morgan fingerprint density at radius 2 is 0.964 bits per heavy atom. The summed E-state index contributed by atoms with van der Waals surface area (Å²) in [5.74, 6) is 1.78.